The Balaban J connectivity index is 2.18. The molecule has 0 radical (unpaired) electrons. The van der Waals surface area contributed by atoms with Gasteiger partial charge in [0.25, 0.3) is 5.91 Å². The van der Waals surface area contributed by atoms with Crippen molar-refractivity contribution in [3.05, 3.63) is 65.2 Å². The molecule has 0 spiro atoms. The zero-order valence-corrected chi connectivity index (χ0v) is 9.86. The molecule has 0 heterocycles. The van der Waals surface area contributed by atoms with Crippen LogP contribution in [-0.2, 0) is 6.61 Å². The second kappa shape index (κ2) is 5.58. The Labute approximate surface area is 108 Å². The molecule has 2 rings (SSSR count). The van der Waals surface area contributed by atoms with Crippen LogP contribution >= 0.6 is 0 Å². The summed E-state index contributed by atoms with van der Waals surface area (Å²) in [5, 5.41) is 11.3. The average Bonchev–Trinajstić information content (AvgIpc) is 2.42. The highest BCUT2D eigenvalue weighted by Crippen LogP contribution is 2.15. The van der Waals surface area contributed by atoms with Crippen molar-refractivity contribution in [3.8, 4) is 0 Å². The number of nitrogens with one attached hydrogen (secondary N) is 1. The molecule has 2 aromatic rings. The second-order valence-corrected chi connectivity index (χ2v) is 3.91. The maximum absolute atomic E-state index is 13.4. The molecule has 5 heteroatoms. The lowest BCUT2D eigenvalue weighted by molar-refractivity contribution is 0.102. The summed E-state index contributed by atoms with van der Waals surface area (Å²) < 4.78 is 26.4. The van der Waals surface area contributed by atoms with Gasteiger partial charge < -0.3 is 10.4 Å². The molecule has 0 aromatic heterocycles. The van der Waals surface area contributed by atoms with Gasteiger partial charge in [-0.25, -0.2) is 8.78 Å². The molecule has 2 aromatic carbocycles. The van der Waals surface area contributed by atoms with Gasteiger partial charge in [0.1, 0.15) is 0 Å². The van der Waals surface area contributed by atoms with E-state index < -0.39 is 17.5 Å². The third-order valence-corrected chi connectivity index (χ3v) is 2.59. The predicted molar refractivity (Wildman–Crippen MR) is 66.7 cm³/mol. The number of anilines is 1. The Kier molecular flexibility index (Phi) is 3.87. The Bertz CT molecular complexity index is 597. The average molecular weight is 263 g/mol. The first-order valence-electron chi connectivity index (χ1n) is 5.57. The monoisotopic (exact) mass is 263 g/mol. The Morgan fingerprint density at radius 3 is 2.42 bits per heavy atom. The highest BCUT2D eigenvalue weighted by molar-refractivity contribution is 6.04. The molecular weight excluding hydrogens is 252 g/mol. The van der Waals surface area contributed by atoms with Gasteiger partial charge in [-0.3, -0.25) is 4.79 Å². The van der Waals surface area contributed by atoms with Crippen molar-refractivity contribution in [1.82, 2.24) is 0 Å². The van der Waals surface area contributed by atoms with Gasteiger partial charge in [-0.15, -0.1) is 0 Å². The van der Waals surface area contributed by atoms with Crippen molar-refractivity contribution < 1.29 is 18.7 Å². The molecule has 3 nitrogen and oxygen atoms in total. The topological polar surface area (TPSA) is 49.3 Å². The van der Waals surface area contributed by atoms with Crippen LogP contribution in [0.3, 0.4) is 0 Å². The Hall–Kier alpha value is -2.27. The summed E-state index contributed by atoms with van der Waals surface area (Å²) in [6, 6.07) is 9.80. The molecule has 0 atom stereocenters. The fourth-order valence-corrected chi connectivity index (χ4v) is 1.57. The van der Waals surface area contributed by atoms with E-state index in [1.54, 1.807) is 24.3 Å². The SMILES string of the molecule is O=C(Nc1ccc(CO)cc1)c1cccc(F)c1F. The van der Waals surface area contributed by atoms with Gasteiger partial charge in [0, 0.05) is 5.69 Å². The summed E-state index contributed by atoms with van der Waals surface area (Å²) >= 11 is 0. The molecule has 19 heavy (non-hydrogen) atoms. The minimum absolute atomic E-state index is 0.104. The van der Waals surface area contributed by atoms with Crippen molar-refractivity contribution in [3.63, 3.8) is 0 Å². The van der Waals surface area contributed by atoms with Gasteiger partial charge in [-0.2, -0.15) is 0 Å². The van der Waals surface area contributed by atoms with E-state index in [0.717, 1.165) is 6.07 Å². The van der Waals surface area contributed by atoms with Crippen molar-refractivity contribution in [2.45, 2.75) is 6.61 Å². The maximum Gasteiger partial charge on any atom is 0.258 e. The third kappa shape index (κ3) is 2.95. The number of hydrogen-bond acceptors (Lipinski definition) is 2. The van der Waals surface area contributed by atoms with Crippen LogP contribution in [0.2, 0.25) is 0 Å². The van der Waals surface area contributed by atoms with Crippen LogP contribution in [0.4, 0.5) is 14.5 Å². The van der Waals surface area contributed by atoms with E-state index in [1.807, 2.05) is 0 Å². The van der Waals surface area contributed by atoms with Crippen LogP contribution in [-0.4, -0.2) is 11.0 Å². The fraction of sp³-hybridized carbons (Fsp3) is 0.0714. The minimum Gasteiger partial charge on any atom is -0.392 e. The molecule has 2 N–H and O–H groups in total. The summed E-state index contributed by atoms with van der Waals surface area (Å²) in [5.41, 5.74) is 0.770. The molecule has 0 saturated carbocycles. The van der Waals surface area contributed by atoms with E-state index in [4.69, 9.17) is 5.11 Å². The highest BCUT2D eigenvalue weighted by atomic mass is 19.2. The quantitative estimate of drug-likeness (QED) is 0.894. The van der Waals surface area contributed by atoms with Crippen LogP contribution in [0.5, 0.6) is 0 Å². The number of aliphatic hydroxyl groups is 1. The summed E-state index contributed by atoms with van der Waals surface area (Å²) in [4.78, 5) is 11.8. The van der Waals surface area contributed by atoms with E-state index in [2.05, 4.69) is 5.32 Å². The van der Waals surface area contributed by atoms with Crippen LogP contribution < -0.4 is 5.32 Å². The molecule has 0 bridgehead atoms. The summed E-state index contributed by atoms with van der Waals surface area (Å²) in [6.45, 7) is -0.104. The number of halogens is 2. The van der Waals surface area contributed by atoms with E-state index in [1.165, 1.54) is 12.1 Å². The molecule has 1 amide bonds. The zero-order chi connectivity index (χ0) is 13.8. The second-order valence-electron chi connectivity index (χ2n) is 3.91. The molecule has 0 fully saturated rings. The van der Waals surface area contributed by atoms with Crippen molar-refractivity contribution in [2.24, 2.45) is 0 Å². The number of amides is 1. The fourth-order valence-electron chi connectivity index (χ4n) is 1.57. The highest BCUT2D eigenvalue weighted by Gasteiger charge is 2.14. The van der Waals surface area contributed by atoms with Crippen LogP contribution in [0.25, 0.3) is 0 Å². The van der Waals surface area contributed by atoms with Crippen LogP contribution in [0.1, 0.15) is 15.9 Å². The molecular formula is C14H11F2NO2. The van der Waals surface area contributed by atoms with Gasteiger partial charge in [-0.05, 0) is 29.8 Å². The predicted octanol–water partition coefficient (Wildman–Crippen LogP) is 2.71. The summed E-state index contributed by atoms with van der Waals surface area (Å²) in [5.74, 6) is -2.97. The number of carbonyl (C=O) groups excluding carboxylic acids is 1. The van der Waals surface area contributed by atoms with Gasteiger partial charge in [0.15, 0.2) is 11.6 Å². The van der Waals surface area contributed by atoms with E-state index in [0.29, 0.717) is 11.3 Å². The number of benzene rings is 2. The normalized spacial score (nSPS) is 10.3. The summed E-state index contributed by atoms with van der Waals surface area (Å²) in [7, 11) is 0. The lowest BCUT2D eigenvalue weighted by atomic mass is 10.1. The molecule has 98 valence electrons. The first-order chi connectivity index (χ1) is 9.11. The molecule has 0 aliphatic heterocycles. The minimum atomic E-state index is -1.17. The van der Waals surface area contributed by atoms with Gasteiger partial charge in [0.05, 0.1) is 12.2 Å². The third-order valence-electron chi connectivity index (χ3n) is 2.59. The van der Waals surface area contributed by atoms with E-state index in [9.17, 15) is 13.6 Å². The number of hydrogen-bond donors (Lipinski definition) is 2. The first-order valence-corrected chi connectivity index (χ1v) is 5.57. The van der Waals surface area contributed by atoms with Crippen LogP contribution in [0.15, 0.2) is 42.5 Å². The molecule has 0 aliphatic carbocycles. The zero-order valence-electron chi connectivity index (χ0n) is 9.86. The molecule has 0 unspecified atom stereocenters. The van der Waals surface area contributed by atoms with Crippen molar-refractivity contribution >= 4 is 11.6 Å². The van der Waals surface area contributed by atoms with E-state index in [-0.39, 0.29) is 12.2 Å². The first kappa shape index (κ1) is 13.2. The number of rotatable bonds is 3. The molecule has 0 saturated heterocycles. The Morgan fingerprint density at radius 2 is 1.79 bits per heavy atom. The maximum atomic E-state index is 13.4. The largest absolute Gasteiger partial charge is 0.392 e. The smallest absolute Gasteiger partial charge is 0.258 e. The van der Waals surface area contributed by atoms with Gasteiger partial charge in [-0.1, -0.05) is 18.2 Å². The number of aliphatic hydroxyl groups excluding tert-OH is 1. The van der Waals surface area contributed by atoms with Crippen LogP contribution in [0, 0.1) is 11.6 Å². The number of carbonyl (C=O) groups is 1. The van der Waals surface area contributed by atoms with Crippen molar-refractivity contribution in [1.29, 1.82) is 0 Å². The van der Waals surface area contributed by atoms with Gasteiger partial charge in [0.2, 0.25) is 0 Å². The lowest BCUT2D eigenvalue weighted by Crippen LogP contribution is -2.14. The molecule has 0 aliphatic rings. The van der Waals surface area contributed by atoms with Gasteiger partial charge >= 0.3 is 0 Å². The van der Waals surface area contributed by atoms with E-state index >= 15 is 0 Å². The lowest BCUT2D eigenvalue weighted by Gasteiger charge is -2.07. The summed E-state index contributed by atoms with van der Waals surface area (Å²) in [6.07, 6.45) is 0. The standard InChI is InChI=1S/C14H11F2NO2/c15-12-3-1-2-11(13(12)16)14(19)17-10-6-4-9(8-18)5-7-10/h1-7,18H,8H2,(H,17,19). The Morgan fingerprint density at radius 1 is 1.11 bits per heavy atom. The van der Waals surface area contributed by atoms with Crippen molar-refractivity contribution in [2.75, 3.05) is 5.32 Å².